The molecule has 0 saturated heterocycles. The molecule has 0 aliphatic rings. The number of aromatic nitrogens is 1. The molecule has 0 bridgehead atoms. The number of benzene rings is 1. The monoisotopic (exact) mass is 398 g/mol. The summed E-state index contributed by atoms with van der Waals surface area (Å²) in [5.41, 5.74) is 3.49. The van der Waals surface area contributed by atoms with Crippen molar-refractivity contribution < 1.29 is 19.1 Å². The van der Waals surface area contributed by atoms with Crippen LogP contribution in [0.4, 0.5) is 5.69 Å². The van der Waals surface area contributed by atoms with Gasteiger partial charge in [0.05, 0.1) is 18.9 Å². The summed E-state index contributed by atoms with van der Waals surface area (Å²) in [6.07, 6.45) is 0. The molecule has 0 radical (unpaired) electrons. The molecule has 0 aliphatic heterocycles. The number of carbonyl (C=O) groups excluding carboxylic acids is 2. The van der Waals surface area contributed by atoms with Gasteiger partial charge >= 0.3 is 5.97 Å². The van der Waals surface area contributed by atoms with Gasteiger partial charge in [-0.25, -0.2) is 9.78 Å². The van der Waals surface area contributed by atoms with Crippen molar-refractivity contribution in [2.45, 2.75) is 27.4 Å². The second-order valence-electron chi connectivity index (χ2n) is 6.33. The first kappa shape index (κ1) is 20.0. The van der Waals surface area contributed by atoms with E-state index >= 15 is 0 Å². The standard InChI is InChI=1S/C21H22N2O4S/c1-5-27-21(25)18-17(23-19(24)15-9-7-6-8-12(15)2)16-14(11-26-4)10-13(3)22-20(16)28-18/h6-10H,5,11H2,1-4H3,(H,23,24). The van der Waals surface area contributed by atoms with Crippen LogP contribution in [0.3, 0.4) is 0 Å². The third-order valence-corrected chi connectivity index (χ3v) is 5.32. The van der Waals surface area contributed by atoms with Crippen molar-refractivity contribution in [3.63, 3.8) is 0 Å². The molecule has 1 N–H and O–H groups in total. The van der Waals surface area contributed by atoms with Gasteiger partial charge in [0.1, 0.15) is 9.71 Å². The van der Waals surface area contributed by atoms with E-state index in [1.165, 1.54) is 11.3 Å². The highest BCUT2D eigenvalue weighted by molar-refractivity contribution is 7.21. The molecular formula is C21H22N2O4S. The molecule has 0 fully saturated rings. The normalized spacial score (nSPS) is 10.9. The summed E-state index contributed by atoms with van der Waals surface area (Å²) in [6, 6.07) is 9.20. The summed E-state index contributed by atoms with van der Waals surface area (Å²) in [7, 11) is 1.60. The molecule has 3 rings (SSSR count). The molecule has 28 heavy (non-hydrogen) atoms. The van der Waals surface area contributed by atoms with E-state index in [0.717, 1.165) is 16.8 Å². The Labute approximate surface area is 167 Å². The maximum absolute atomic E-state index is 12.9. The van der Waals surface area contributed by atoms with Crippen molar-refractivity contribution in [1.29, 1.82) is 0 Å². The van der Waals surface area contributed by atoms with Crippen LogP contribution in [-0.2, 0) is 16.1 Å². The van der Waals surface area contributed by atoms with Crippen molar-refractivity contribution in [2.24, 2.45) is 0 Å². The van der Waals surface area contributed by atoms with E-state index in [-0.39, 0.29) is 12.5 Å². The lowest BCUT2D eigenvalue weighted by molar-refractivity contribution is 0.0533. The maximum Gasteiger partial charge on any atom is 0.350 e. The van der Waals surface area contributed by atoms with E-state index in [1.54, 1.807) is 26.2 Å². The van der Waals surface area contributed by atoms with Gasteiger partial charge in [-0.2, -0.15) is 0 Å². The van der Waals surface area contributed by atoms with Crippen molar-refractivity contribution in [3.8, 4) is 0 Å². The minimum atomic E-state index is -0.480. The van der Waals surface area contributed by atoms with Crippen molar-refractivity contribution in [1.82, 2.24) is 4.98 Å². The molecular weight excluding hydrogens is 376 g/mol. The predicted octanol–water partition coefficient (Wildman–Crippen LogP) is 4.49. The molecule has 6 nitrogen and oxygen atoms in total. The summed E-state index contributed by atoms with van der Waals surface area (Å²) in [6.45, 7) is 6.08. The van der Waals surface area contributed by atoms with E-state index in [0.29, 0.717) is 33.0 Å². The molecule has 2 aromatic heterocycles. The van der Waals surface area contributed by atoms with Crippen LogP contribution >= 0.6 is 11.3 Å². The van der Waals surface area contributed by atoms with Crippen LogP contribution in [0, 0.1) is 13.8 Å². The number of pyridine rings is 1. The summed E-state index contributed by atoms with van der Waals surface area (Å²) in [5, 5.41) is 3.63. The van der Waals surface area contributed by atoms with Gasteiger partial charge < -0.3 is 14.8 Å². The first-order valence-electron chi connectivity index (χ1n) is 8.92. The number of thiophene rings is 1. The quantitative estimate of drug-likeness (QED) is 0.619. The zero-order valence-electron chi connectivity index (χ0n) is 16.3. The number of nitrogens with zero attached hydrogens (tertiary/aromatic N) is 1. The first-order valence-corrected chi connectivity index (χ1v) is 9.74. The minimum absolute atomic E-state index is 0.246. The molecule has 1 aromatic carbocycles. The zero-order valence-corrected chi connectivity index (χ0v) is 17.1. The van der Waals surface area contributed by atoms with Gasteiger partial charge in [-0.05, 0) is 44.0 Å². The van der Waals surface area contributed by atoms with Crippen molar-refractivity contribution in [3.05, 3.63) is 57.6 Å². The van der Waals surface area contributed by atoms with E-state index in [1.807, 2.05) is 32.0 Å². The third kappa shape index (κ3) is 3.90. The Kier molecular flexibility index (Phi) is 6.06. The van der Waals surface area contributed by atoms with Crippen LogP contribution < -0.4 is 5.32 Å². The smallest absolute Gasteiger partial charge is 0.350 e. The number of nitrogens with one attached hydrogen (secondary N) is 1. The number of esters is 1. The third-order valence-electron chi connectivity index (χ3n) is 4.26. The van der Waals surface area contributed by atoms with E-state index in [2.05, 4.69) is 10.3 Å². The number of aryl methyl sites for hydroxylation is 2. The van der Waals surface area contributed by atoms with Crippen LogP contribution in [0.1, 0.15) is 43.8 Å². The maximum atomic E-state index is 12.9. The van der Waals surface area contributed by atoms with Crippen LogP contribution in [0.2, 0.25) is 0 Å². The van der Waals surface area contributed by atoms with Gasteiger partial charge in [0.25, 0.3) is 5.91 Å². The van der Waals surface area contributed by atoms with Crippen LogP contribution in [0.15, 0.2) is 30.3 Å². The average Bonchev–Trinajstić information content (AvgIpc) is 3.00. The lowest BCUT2D eigenvalue weighted by atomic mass is 10.1. The molecule has 146 valence electrons. The van der Waals surface area contributed by atoms with E-state index < -0.39 is 5.97 Å². The largest absolute Gasteiger partial charge is 0.462 e. The lowest BCUT2D eigenvalue weighted by Gasteiger charge is -2.11. The first-order chi connectivity index (χ1) is 13.5. The number of ether oxygens (including phenoxy) is 2. The highest BCUT2D eigenvalue weighted by Crippen LogP contribution is 2.38. The molecule has 3 aromatic rings. The van der Waals surface area contributed by atoms with Gasteiger partial charge in [0.15, 0.2) is 0 Å². The second kappa shape index (κ2) is 8.50. The Morgan fingerprint density at radius 2 is 1.96 bits per heavy atom. The average molecular weight is 398 g/mol. The molecule has 1 amide bonds. The fourth-order valence-electron chi connectivity index (χ4n) is 3.05. The van der Waals surface area contributed by atoms with Crippen molar-refractivity contribution in [2.75, 3.05) is 19.0 Å². The molecule has 7 heteroatoms. The van der Waals surface area contributed by atoms with Gasteiger partial charge in [-0.15, -0.1) is 11.3 Å². The second-order valence-corrected chi connectivity index (χ2v) is 7.33. The molecule has 0 unspecified atom stereocenters. The topological polar surface area (TPSA) is 77.5 Å². The fourth-order valence-corrected chi connectivity index (χ4v) is 4.17. The Morgan fingerprint density at radius 3 is 2.64 bits per heavy atom. The number of carbonyl (C=O) groups is 2. The van der Waals surface area contributed by atoms with Gasteiger partial charge in [0.2, 0.25) is 0 Å². The molecule has 0 spiro atoms. The molecule has 0 saturated carbocycles. The summed E-state index contributed by atoms with van der Waals surface area (Å²) < 4.78 is 10.5. The number of hydrogen-bond acceptors (Lipinski definition) is 6. The number of hydrogen-bond donors (Lipinski definition) is 1. The van der Waals surface area contributed by atoms with Crippen LogP contribution in [-0.4, -0.2) is 30.6 Å². The van der Waals surface area contributed by atoms with Gasteiger partial charge in [-0.3, -0.25) is 4.79 Å². The van der Waals surface area contributed by atoms with Crippen LogP contribution in [0.5, 0.6) is 0 Å². The molecule has 0 aliphatic carbocycles. The van der Waals surface area contributed by atoms with Gasteiger partial charge in [0, 0.05) is 23.8 Å². The zero-order chi connectivity index (χ0) is 20.3. The number of methoxy groups -OCH3 is 1. The number of anilines is 1. The van der Waals surface area contributed by atoms with E-state index in [9.17, 15) is 9.59 Å². The Morgan fingerprint density at radius 1 is 1.21 bits per heavy atom. The Balaban J connectivity index is 2.17. The minimum Gasteiger partial charge on any atom is -0.462 e. The fraction of sp³-hybridized carbons (Fsp3) is 0.286. The summed E-state index contributed by atoms with van der Waals surface area (Å²) >= 11 is 1.21. The van der Waals surface area contributed by atoms with Gasteiger partial charge in [-0.1, -0.05) is 18.2 Å². The highest BCUT2D eigenvalue weighted by atomic mass is 32.1. The SMILES string of the molecule is CCOC(=O)c1sc2nc(C)cc(COC)c2c1NC(=O)c1ccccc1C. The Bertz CT molecular complexity index is 1040. The number of fused-ring (bicyclic) bond motifs is 1. The van der Waals surface area contributed by atoms with Crippen LogP contribution in [0.25, 0.3) is 10.2 Å². The summed E-state index contributed by atoms with van der Waals surface area (Å²) in [5.74, 6) is -0.765. The highest BCUT2D eigenvalue weighted by Gasteiger charge is 2.25. The molecule has 0 atom stereocenters. The Hall–Kier alpha value is -2.77. The lowest BCUT2D eigenvalue weighted by Crippen LogP contribution is -2.16. The molecule has 2 heterocycles. The number of amides is 1. The predicted molar refractivity (Wildman–Crippen MR) is 110 cm³/mol. The summed E-state index contributed by atoms with van der Waals surface area (Å²) in [4.78, 5) is 31.0. The van der Waals surface area contributed by atoms with E-state index in [4.69, 9.17) is 9.47 Å². The number of rotatable bonds is 6. The van der Waals surface area contributed by atoms with Crippen molar-refractivity contribution >= 4 is 39.1 Å².